The predicted octanol–water partition coefficient (Wildman–Crippen LogP) is 3.37. The summed E-state index contributed by atoms with van der Waals surface area (Å²) < 4.78 is 70.4. The maximum absolute atomic E-state index is 13.0. The van der Waals surface area contributed by atoms with Crippen molar-refractivity contribution in [1.82, 2.24) is 4.98 Å². The minimum absolute atomic E-state index is 0.193. The second-order valence-electron chi connectivity index (χ2n) is 3.70. The number of carbonyl (C=O) groups excluding carboxylic acids is 1. The minimum atomic E-state index is -5.15. The zero-order valence-corrected chi connectivity index (χ0v) is 11.3. The van der Waals surface area contributed by atoms with Crippen LogP contribution < -0.4 is 4.74 Å². The number of esters is 1. The van der Waals surface area contributed by atoms with E-state index in [-0.39, 0.29) is 11.3 Å². The fraction of sp³-hybridized carbons (Fsp3) is 0.455. The Labute approximate surface area is 120 Å². The van der Waals surface area contributed by atoms with Crippen LogP contribution in [0.25, 0.3) is 0 Å². The summed E-state index contributed by atoms with van der Waals surface area (Å²) in [6.45, 7) is 0. The Morgan fingerprint density at radius 2 is 2.05 bits per heavy atom. The van der Waals surface area contributed by atoms with E-state index in [2.05, 4.69) is 14.5 Å². The van der Waals surface area contributed by atoms with Gasteiger partial charge in [-0.2, -0.15) is 0 Å². The Morgan fingerprint density at radius 3 is 2.48 bits per heavy atom. The van der Waals surface area contributed by atoms with E-state index < -0.39 is 42.4 Å². The van der Waals surface area contributed by atoms with E-state index in [1.807, 2.05) is 0 Å². The normalized spacial score (nSPS) is 11.6. The number of aromatic nitrogens is 1. The number of alkyl halides is 6. The molecule has 0 aliphatic heterocycles. The summed E-state index contributed by atoms with van der Waals surface area (Å²) in [6, 6.07) is 0. The molecule has 0 aromatic carbocycles. The number of methoxy groups -OCH3 is 1. The summed E-state index contributed by atoms with van der Waals surface area (Å²) in [5.41, 5.74) is -1.63. The number of hydrogen-bond acceptors (Lipinski definition) is 4. The van der Waals surface area contributed by atoms with Crippen LogP contribution in [-0.2, 0) is 21.8 Å². The molecular weight excluding hydrogens is 325 g/mol. The summed E-state index contributed by atoms with van der Waals surface area (Å²) in [6.07, 6.45) is -8.46. The Hall–Kier alpha value is -1.64. The smallest absolute Gasteiger partial charge is 0.469 e. The van der Waals surface area contributed by atoms with E-state index >= 15 is 0 Å². The largest absolute Gasteiger partial charge is 0.573 e. The number of halogens is 6. The summed E-state index contributed by atoms with van der Waals surface area (Å²) >= 11 is 5.49. The lowest BCUT2D eigenvalue weighted by atomic mass is 10.1. The lowest BCUT2D eigenvalue weighted by Crippen LogP contribution is -2.20. The zero-order valence-electron chi connectivity index (χ0n) is 10.5. The van der Waals surface area contributed by atoms with Crippen LogP contribution in [0.4, 0.5) is 22.0 Å². The molecular formula is C11H9ClF5NO3. The molecule has 21 heavy (non-hydrogen) atoms. The topological polar surface area (TPSA) is 48.4 Å². The summed E-state index contributed by atoms with van der Waals surface area (Å²) in [5, 5.41) is 0. The van der Waals surface area contributed by atoms with Crippen molar-refractivity contribution >= 4 is 17.6 Å². The molecule has 0 aliphatic rings. The fourth-order valence-corrected chi connectivity index (χ4v) is 1.84. The van der Waals surface area contributed by atoms with Gasteiger partial charge in [0.05, 0.1) is 31.0 Å². The van der Waals surface area contributed by atoms with Crippen LogP contribution in [0.15, 0.2) is 6.20 Å². The van der Waals surface area contributed by atoms with Crippen molar-refractivity contribution in [3.05, 3.63) is 23.0 Å². The zero-order chi connectivity index (χ0) is 16.2. The molecule has 0 atom stereocenters. The molecule has 0 N–H and O–H groups in total. The van der Waals surface area contributed by atoms with Gasteiger partial charge in [0.15, 0.2) is 5.75 Å². The molecule has 1 rings (SSSR count). The van der Waals surface area contributed by atoms with Crippen LogP contribution in [-0.4, -0.2) is 24.4 Å². The van der Waals surface area contributed by atoms with Crippen LogP contribution in [0.5, 0.6) is 5.75 Å². The Morgan fingerprint density at radius 1 is 1.43 bits per heavy atom. The van der Waals surface area contributed by atoms with Gasteiger partial charge >= 0.3 is 12.3 Å². The average Bonchev–Trinajstić information content (AvgIpc) is 2.37. The third kappa shape index (κ3) is 4.69. The summed E-state index contributed by atoms with van der Waals surface area (Å²) in [7, 11) is 1.07. The van der Waals surface area contributed by atoms with Gasteiger partial charge in [0.25, 0.3) is 6.43 Å². The van der Waals surface area contributed by atoms with E-state index in [0.29, 0.717) is 6.20 Å². The molecule has 1 aromatic rings. The van der Waals surface area contributed by atoms with Gasteiger partial charge in [-0.25, -0.2) is 8.78 Å². The highest BCUT2D eigenvalue weighted by atomic mass is 35.5. The van der Waals surface area contributed by atoms with Crippen LogP contribution in [0.1, 0.15) is 23.2 Å². The molecule has 0 saturated carbocycles. The van der Waals surface area contributed by atoms with Crippen molar-refractivity contribution in [1.29, 1.82) is 0 Å². The third-order valence-corrected chi connectivity index (χ3v) is 2.66. The van der Waals surface area contributed by atoms with Gasteiger partial charge in [-0.3, -0.25) is 9.78 Å². The van der Waals surface area contributed by atoms with Crippen molar-refractivity contribution < 1.29 is 36.2 Å². The van der Waals surface area contributed by atoms with Crippen LogP contribution in [0.3, 0.4) is 0 Å². The van der Waals surface area contributed by atoms with Crippen molar-refractivity contribution in [2.75, 3.05) is 7.11 Å². The minimum Gasteiger partial charge on any atom is -0.469 e. The molecule has 0 bridgehead atoms. The van der Waals surface area contributed by atoms with E-state index in [1.54, 1.807) is 0 Å². The van der Waals surface area contributed by atoms with Gasteiger partial charge in [-0.1, -0.05) is 0 Å². The maximum atomic E-state index is 13.0. The van der Waals surface area contributed by atoms with Crippen molar-refractivity contribution in [3.63, 3.8) is 0 Å². The molecule has 1 heterocycles. The lowest BCUT2D eigenvalue weighted by Gasteiger charge is -2.17. The molecule has 1 aromatic heterocycles. The second kappa shape index (κ2) is 6.88. The first-order valence-electron chi connectivity index (χ1n) is 5.37. The molecule has 0 saturated heterocycles. The SMILES string of the molecule is COC(=O)Cc1ncc(OC(F)(F)F)c(C(F)F)c1CCl. The van der Waals surface area contributed by atoms with E-state index in [9.17, 15) is 26.7 Å². The Balaban J connectivity index is 3.34. The van der Waals surface area contributed by atoms with Gasteiger partial charge in [0.1, 0.15) is 0 Å². The summed E-state index contributed by atoms with van der Waals surface area (Å²) in [4.78, 5) is 14.7. The highest BCUT2D eigenvalue weighted by molar-refractivity contribution is 6.17. The average molecular weight is 334 g/mol. The summed E-state index contributed by atoms with van der Waals surface area (Å²) in [5.74, 6) is -2.51. The number of hydrogen-bond donors (Lipinski definition) is 0. The van der Waals surface area contributed by atoms with Crippen molar-refractivity contribution in [3.8, 4) is 5.75 Å². The molecule has 10 heteroatoms. The van der Waals surface area contributed by atoms with E-state index in [4.69, 9.17) is 11.6 Å². The Bertz CT molecular complexity index is 521. The molecule has 0 unspecified atom stereocenters. The number of rotatable bonds is 5. The van der Waals surface area contributed by atoms with Crippen LogP contribution in [0.2, 0.25) is 0 Å². The molecule has 0 spiro atoms. The first-order valence-corrected chi connectivity index (χ1v) is 5.90. The lowest BCUT2D eigenvalue weighted by molar-refractivity contribution is -0.275. The van der Waals surface area contributed by atoms with Crippen LogP contribution in [0, 0.1) is 0 Å². The van der Waals surface area contributed by atoms with Gasteiger partial charge in [-0.15, -0.1) is 24.8 Å². The fourth-order valence-electron chi connectivity index (χ4n) is 1.54. The molecule has 0 fully saturated rings. The Kier molecular flexibility index (Phi) is 5.70. The van der Waals surface area contributed by atoms with Crippen molar-refractivity contribution in [2.24, 2.45) is 0 Å². The number of nitrogens with zero attached hydrogens (tertiary/aromatic N) is 1. The molecule has 0 aliphatic carbocycles. The molecule has 4 nitrogen and oxygen atoms in total. The highest BCUT2D eigenvalue weighted by Crippen LogP contribution is 2.36. The quantitative estimate of drug-likeness (QED) is 0.471. The number of pyridine rings is 1. The van der Waals surface area contributed by atoms with E-state index in [1.165, 1.54) is 0 Å². The molecule has 118 valence electrons. The van der Waals surface area contributed by atoms with Gasteiger partial charge in [0.2, 0.25) is 0 Å². The van der Waals surface area contributed by atoms with Gasteiger partial charge in [0, 0.05) is 11.4 Å². The second-order valence-corrected chi connectivity index (χ2v) is 3.96. The number of ether oxygens (including phenoxy) is 2. The standard InChI is InChI=1S/C11H9ClF5NO3/c1-20-8(19)2-6-5(3-12)9(10(13)14)7(4-18-6)21-11(15,16)17/h4,10H,2-3H2,1H3. The third-order valence-electron chi connectivity index (χ3n) is 2.39. The van der Waals surface area contributed by atoms with Gasteiger partial charge in [-0.05, 0) is 0 Å². The number of carbonyl (C=O) groups is 1. The first-order chi connectivity index (χ1) is 9.69. The molecule has 0 radical (unpaired) electrons. The monoisotopic (exact) mass is 333 g/mol. The molecule has 0 amide bonds. The van der Waals surface area contributed by atoms with Crippen molar-refractivity contribution in [2.45, 2.75) is 25.1 Å². The van der Waals surface area contributed by atoms with Gasteiger partial charge < -0.3 is 9.47 Å². The first kappa shape index (κ1) is 17.4. The highest BCUT2D eigenvalue weighted by Gasteiger charge is 2.35. The maximum Gasteiger partial charge on any atom is 0.573 e. The van der Waals surface area contributed by atoms with Crippen LogP contribution >= 0.6 is 11.6 Å². The van der Waals surface area contributed by atoms with E-state index in [0.717, 1.165) is 7.11 Å². The predicted molar refractivity (Wildman–Crippen MR) is 61.2 cm³/mol.